The molecule has 0 spiro atoms. The summed E-state index contributed by atoms with van der Waals surface area (Å²) in [7, 11) is 1.93. The molecule has 0 saturated carbocycles. The molecular weight excluding hydrogens is 232 g/mol. The van der Waals surface area contributed by atoms with Crippen LogP contribution in [0.1, 0.15) is 5.56 Å². The second kappa shape index (κ2) is 3.56. The lowest BCUT2D eigenvalue weighted by molar-refractivity contribution is 0.776. The fraction of sp³-hybridized carbons (Fsp3) is 0.167. The summed E-state index contributed by atoms with van der Waals surface area (Å²) in [6, 6.07) is 6.23. The van der Waals surface area contributed by atoms with Gasteiger partial charge in [-0.15, -0.1) is 0 Å². The molecule has 0 fully saturated rings. The third-order valence-corrected chi connectivity index (χ3v) is 3.58. The van der Waals surface area contributed by atoms with E-state index in [4.69, 9.17) is 5.73 Å². The van der Waals surface area contributed by atoms with Crippen molar-refractivity contribution in [2.45, 2.75) is 6.92 Å². The van der Waals surface area contributed by atoms with Crippen molar-refractivity contribution < 1.29 is 0 Å². The van der Waals surface area contributed by atoms with Crippen molar-refractivity contribution in [3.63, 3.8) is 0 Å². The lowest BCUT2D eigenvalue weighted by atomic mass is 10.1. The molecule has 3 aromatic rings. The Balaban J connectivity index is 2.39. The first-order valence-electron chi connectivity index (χ1n) is 5.30. The molecule has 0 unspecified atom stereocenters. The highest BCUT2D eigenvalue weighted by Crippen LogP contribution is 2.33. The van der Waals surface area contributed by atoms with Crippen LogP contribution in [0.3, 0.4) is 0 Å². The standard InChI is InChI=1S/C12H12N4S/c1-7-5-8(9-3-4-14-16(9)2)11-10(6-7)17-12(13)15-11/h3-6H,1-2H3,(H2,13,15). The second-order valence-electron chi connectivity index (χ2n) is 4.05. The molecule has 86 valence electrons. The van der Waals surface area contributed by atoms with Crippen LogP contribution in [-0.4, -0.2) is 14.8 Å². The maximum atomic E-state index is 5.79. The molecule has 2 N–H and O–H groups in total. The van der Waals surface area contributed by atoms with Gasteiger partial charge >= 0.3 is 0 Å². The predicted molar refractivity (Wildman–Crippen MR) is 71.0 cm³/mol. The van der Waals surface area contributed by atoms with Crippen LogP contribution >= 0.6 is 11.3 Å². The highest BCUT2D eigenvalue weighted by Gasteiger charge is 2.12. The van der Waals surface area contributed by atoms with Crippen LogP contribution in [-0.2, 0) is 7.05 Å². The number of benzene rings is 1. The van der Waals surface area contributed by atoms with E-state index in [1.54, 1.807) is 6.20 Å². The molecule has 0 atom stereocenters. The Labute approximate surface area is 103 Å². The van der Waals surface area contributed by atoms with Crippen LogP contribution in [0.2, 0.25) is 0 Å². The van der Waals surface area contributed by atoms with Gasteiger partial charge in [-0.3, -0.25) is 4.68 Å². The average Bonchev–Trinajstić information content (AvgIpc) is 2.82. The normalized spacial score (nSPS) is 11.2. The molecule has 0 aliphatic heterocycles. The lowest BCUT2D eigenvalue weighted by Gasteiger charge is -2.04. The monoisotopic (exact) mass is 244 g/mol. The van der Waals surface area contributed by atoms with Crippen LogP contribution in [0.5, 0.6) is 0 Å². The quantitative estimate of drug-likeness (QED) is 0.715. The summed E-state index contributed by atoms with van der Waals surface area (Å²) in [5, 5.41) is 4.80. The van der Waals surface area contributed by atoms with Gasteiger partial charge in [0.05, 0.1) is 15.9 Å². The molecule has 5 heteroatoms. The van der Waals surface area contributed by atoms with E-state index in [9.17, 15) is 0 Å². The minimum absolute atomic E-state index is 0.606. The molecule has 2 aromatic heterocycles. The number of nitrogen functional groups attached to an aromatic ring is 1. The average molecular weight is 244 g/mol. The number of thiazole rings is 1. The van der Waals surface area contributed by atoms with Gasteiger partial charge < -0.3 is 5.73 Å². The van der Waals surface area contributed by atoms with E-state index in [-0.39, 0.29) is 0 Å². The van der Waals surface area contributed by atoms with Crippen LogP contribution < -0.4 is 5.73 Å². The predicted octanol–water partition coefficient (Wildman–Crippen LogP) is 2.59. The Morgan fingerprint density at radius 2 is 2.18 bits per heavy atom. The maximum absolute atomic E-state index is 5.79. The van der Waals surface area contributed by atoms with Gasteiger partial charge in [0.2, 0.25) is 0 Å². The number of hydrogen-bond donors (Lipinski definition) is 1. The summed E-state index contributed by atoms with van der Waals surface area (Å²) in [6.07, 6.45) is 1.79. The zero-order chi connectivity index (χ0) is 12.0. The first-order valence-corrected chi connectivity index (χ1v) is 6.12. The molecule has 0 bridgehead atoms. The van der Waals surface area contributed by atoms with E-state index in [0.29, 0.717) is 5.13 Å². The van der Waals surface area contributed by atoms with Crippen molar-refractivity contribution in [2.75, 3.05) is 5.73 Å². The minimum Gasteiger partial charge on any atom is -0.375 e. The van der Waals surface area contributed by atoms with Gasteiger partial charge in [-0.1, -0.05) is 11.3 Å². The number of anilines is 1. The topological polar surface area (TPSA) is 56.7 Å². The molecule has 0 amide bonds. The number of aromatic nitrogens is 3. The summed E-state index contributed by atoms with van der Waals surface area (Å²) in [4.78, 5) is 4.41. The van der Waals surface area contributed by atoms with E-state index < -0.39 is 0 Å². The van der Waals surface area contributed by atoms with Crippen LogP contribution in [0.4, 0.5) is 5.13 Å². The summed E-state index contributed by atoms with van der Waals surface area (Å²) in [5.74, 6) is 0. The molecule has 17 heavy (non-hydrogen) atoms. The third-order valence-electron chi connectivity index (χ3n) is 2.75. The lowest BCUT2D eigenvalue weighted by Crippen LogP contribution is -1.94. The van der Waals surface area contributed by atoms with Crippen molar-refractivity contribution in [3.05, 3.63) is 30.0 Å². The van der Waals surface area contributed by atoms with E-state index in [2.05, 4.69) is 29.1 Å². The van der Waals surface area contributed by atoms with E-state index in [0.717, 1.165) is 21.5 Å². The molecule has 2 heterocycles. The third kappa shape index (κ3) is 1.59. The van der Waals surface area contributed by atoms with Crippen LogP contribution in [0, 0.1) is 6.92 Å². The highest BCUT2D eigenvalue weighted by atomic mass is 32.1. The largest absolute Gasteiger partial charge is 0.375 e. The molecule has 1 aromatic carbocycles. The Morgan fingerprint density at radius 1 is 1.35 bits per heavy atom. The molecule has 0 aliphatic carbocycles. The minimum atomic E-state index is 0.606. The number of fused-ring (bicyclic) bond motifs is 1. The Morgan fingerprint density at radius 3 is 2.88 bits per heavy atom. The number of aryl methyl sites for hydroxylation is 2. The SMILES string of the molecule is Cc1cc(-c2ccnn2C)c2nc(N)sc2c1. The van der Waals surface area contributed by atoms with Crippen molar-refractivity contribution in [1.29, 1.82) is 0 Å². The summed E-state index contributed by atoms with van der Waals surface area (Å²) < 4.78 is 2.97. The summed E-state index contributed by atoms with van der Waals surface area (Å²) in [6.45, 7) is 2.08. The molecule has 3 rings (SSSR count). The zero-order valence-electron chi connectivity index (χ0n) is 9.64. The van der Waals surface area contributed by atoms with E-state index >= 15 is 0 Å². The van der Waals surface area contributed by atoms with Crippen molar-refractivity contribution in [3.8, 4) is 11.3 Å². The van der Waals surface area contributed by atoms with Crippen molar-refractivity contribution in [1.82, 2.24) is 14.8 Å². The Bertz CT molecular complexity index is 696. The fourth-order valence-electron chi connectivity index (χ4n) is 2.02. The van der Waals surface area contributed by atoms with E-state index in [1.165, 1.54) is 16.9 Å². The summed E-state index contributed by atoms with van der Waals surface area (Å²) in [5.41, 5.74) is 10.1. The smallest absolute Gasteiger partial charge is 0.181 e. The highest BCUT2D eigenvalue weighted by molar-refractivity contribution is 7.22. The van der Waals surface area contributed by atoms with Crippen LogP contribution in [0.15, 0.2) is 24.4 Å². The number of hydrogen-bond acceptors (Lipinski definition) is 4. The number of rotatable bonds is 1. The molecule has 0 aliphatic rings. The summed E-state index contributed by atoms with van der Waals surface area (Å²) >= 11 is 1.52. The van der Waals surface area contributed by atoms with Gasteiger partial charge in [0, 0.05) is 18.8 Å². The number of nitrogens with two attached hydrogens (primary N) is 1. The molecule has 4 nitrogen and oxygen atoms in total. The second-order valence-corrected chi connectivity index (χ2v) is 5.11. The Hall–Kier alpha value is -1.88. The van der Waals surface area contributed by atoms with Gasteiger partial charge in [0.1, 0.15) is 0 Å². The van der Waals surface area contributed by atoms with Gasteiger partial charge in [-0.25, -0.2) is 4.98 Å². The van der Waals surface area contributed by atoms with Gasteiger partial charge in [0.15, 0.2) is 5.13 Å². The molecule has 0 saturated heterocycles. The Kier molecular flexibility index (Phi) is 2.16. The molecular formula is C12H12N4S. The van der Waals surface area contributed by atoms with Crippen molar-refractivity contribution >= 4 is 26.7 Å². The maximum Gasteiger partial charge on any atom is 0.181 e. The first-order chi connectivity index (χ1) is 8.15. The van der Waals surface area contributed by atoms with Gasteiger partial charge in [-0.2, -0.15) is 5.10 Å². The first kappa shape index (κ1) is 10.3. The molecule has 0 radical (unpaired) electrons. The van der Waals surface area contributed by atoms with Gasteiger partial charge in [-0.05, 0) is 30.7 Å². The van der Waals surface area contributed by atoms with Crippen molar-refractivity contribution in [2.24, 2.45) is 7.05 Å². The fourth-order valence-corrected chi connectivity index (χ4v) is 2.88. The van der Waals surface area contributed by atoms with Crippen LogP contribution in [0.25, 0.3) is 21.5 Å². The zero-order valence-corrected chi connectivity index (χ0v) is 10.5. The number of nitrogens with zero attached hydrogens (tertiary/aromatic N) is 3. The van der Waals surface area contributed by atoms with E-state index in [1.807, 2.05) is 17.8 Å². The van der Waals surface area contributed by atoms with Gasteiger partial charge in [0.25, 0.3) is 0 Å².